The number of hydrogen-bond donors (Lipinski definition) is 4. The van der Waals surface area contributed by atoms with Crippen molar-refractivity contribution in [1.29, 1.82) is 10.8 Å². The number of carbonyl (C=O) groups is 3. The van der Waals surface area contributed by atoms with Crippen molar-refractivity contribution >= 4 is 46.6 Å². The van der Waals surface area contributed by atoms with E-state index in [0.29, 0.717) is 87.3 Å². The summed E-state index contributed by atoms with van der Waals surface area (Å²) in [5, 5.41) is 19.0. The van der Waals surface area contributed by atoms with Crippen LogP contribution >= 0.6 is 0 Å². The number of likely N-dealkylation sites (tertiary alicyclic amines) is 1. The summed E-state index contributed by atoms with van der Waals surface area (Å²) in [6, 6.07) is 10.7. The summed E-state index contributed by atoms with van der Waals surface area (Å²) in [5.74, 6) is 0.0570. The molecule has 1 aromatic heterocycles. The van der Waals surface area contributed by atoms with Crippen molar-refractivity contribution < 1.29 is 23.9 Å². The fourth-order valence-electron chi connectivity index (χ4n) is 6.32. The molecule has 0 radical (unpaired) electrons. The van der Waals surface area contributed by atoms with Gasteiger partial charge in [-0.15, -0.1) is 0 Å². The zero-order valence-electron chi connectivity index (χ0n) is 27.1. The summed E-state index contributed by atoms with van der Waals surface area (Å²) in [6.45, 7) is 6.09. The first kappa shape index (κ1) is 33.7. The molecule has 3 aliphatic rings. The average molecular weight is 645 g/mol. The summed E-state index contributed by atoms with van der Waals surface area (Å²) in [5.41, 5.74) is 10.1. The Morgan fingerprint density at radius 2 is 1.81 bits per heavy atom. The van der Waals surface area contributed by atoms with Crippen LogP contribution in [0.2, 0.25) is 0 Å². The van der Waals surface area contributed by atoms with Gasteiger partial charge in [-0.1, -0.05) is 18.2 Å². The molecule has 0 spiro atoms. The van der Waals surface area contributed by atoms with Crippen LogP contribution in [0, 0.1) is 22.7 Å². The Kier molecular flexibility index (Phi) is 11.0. The number of ether oxygens (including phenoxy) is 2. The number of rotatable bonds is 9. The van der Waals surface area contributed by atoms with Crippen LogP contribution in [-0.4, -0.2) is 104 Å². The van der Waals surface area contributed by atoms with Gasteiger partial charge in [0, 0.05) is 57.9 Å². The van der Waals surface area contributed by atoms with Crippen LogP contribution in [0.3, 0.4) is 0 Å². The fourth-order valence-corrected chi connectivity index (χ4v) is 6.32. The molecule has 1 aromatic carbocycles. The lowest BCUT2D eigenvalue weighted by Gasteiger charge is -2.29. The topological polar surface area (TPSA) is 178 Å². The Hall–Kier alpha value is -4.62. The van der Waals surface area contributed by atoms with E-state index < -0.39 is 6.09 Å². The summed E-state index contributed by atoms with van der Waals surface area (Å²) in [7, 11) is 1.44. The SMILES string of the molecule is CCN(C(=O)[C@@H]1CCN(CC(=O)N2CC=C(c3ccc(C(=N)OC(=O)NC)cc3)CC2)C1)c1ccc(N)c(C(=N)C2CCOCC2)n1. The number of nitrogens with zero attached hydrogens (tertiary/aromatic N) is 4. The second-order valence-electron chi connectivity index (χ2n) is 12.1. The lowest BCUT2D eigenvalue weighted by Crippen LogP contribution is -2.42. The van der Waals surface area contributed by atoms with E-state index in [2.05, 4.69) is 10.2 Å². The lowest BCUT2D eigenvalue weighted by atomic mass is 9.92. The number of nitrogen functional groups attached to an aromatic ring is 1. The minimum atomic E-state index is -0.689. The number of alkyl carbamates (subject to hydrolysis) is 1. The highest BCUT2D eigenvalue weighted by atomic mass is 16.6. The van der Waals surface area contributed by atoms with Gasteiger partial charge < -0.3 is 30.8 Å². The maximum absolute atomic E-state index is 13.7. The molecular formula is C34H44N8O5. The monoisotopic (exact) mass is 644 g/mol. The van der Waals surface area contributed by atoms with E-state index >= 15 is 0 Å². The zero-order valence-corrected chi connectivity index (χ0v) is 27.1. The summed E-state index contributed by atoms with van der Waals surface area (Å²) in [6.07, 6.45) is 4.23. The third-order valence-corrected chi connectivity index (χ3v) is 9.11. The molecule has 5 rings (SSSR count). The van der Waals surface area contributed by atoms with E-state index in [4.69, 9.17) is 31.0 Å². The quantitative estimate of drug-likeness (QED) is 0.238. The molecule has 3 aliphatic heterocycles. The van der Waals surface area contributed by atoms with Crippen LogP contribution < -0.4 is 16.0 Å². The number of hydrogen-bond acceptors (Lipinski definition) is 10. The first-order valence-corrected chi connectivity index (χ1v) is 16.2. The van der Waals surface area contributed by atoms with Crippen molar-refractivity contribution in [3.05, 3.63) is 59.3 Å². The molecule has 2 fully saturated rings. The number of anilines is 2. The van der Waals surface area contributed by atoms with Crippen molar-refractivity contribution in [1.82, 2.24) is 20.1 Å². The third-order valence-electron chi connectivity index (χ3n) is 9.11. The van der Waals surface area contributed by atoms with Crippen LogP contribution in [0.4, 0.5) is 16.3 Å². The normalized spacial score (nSPS) is 18.7. The maximum atomic E-state index is 13.7. The largest absolute Gasteiger partial charge is 0.413 e. The van der Waals surface area contributed by atoms with E-state index in [0.717, 1.165) is 24.0 Å². The second kappa shape index (κ2) is 15.3. The Morgan fingerprint density at radius 3 is 2.47 bits per heavy atom. The number of amides is 3. The van der Waals surface area contributed by atoms with E-state index in [1.165, 1.54) is 7.05 Å². The van der Waals surface area contributed by atoms with Gasteiger partial charge >= 0.3 is 6.09 Å². The van der Waals surface area contributed by atoms with Gasteiger partial charge in [-0.25, -0.2) is 9.78 Å². The molecule has 2 aromatic rings. The van der Waals surface area contributed by atoms with Crippen molar-refractivity contribution in [2.24, 2.45) is 11.8 Å². The minimum Gasteiger partial charge on any atom is -0.397 e. The van der Waals surface area contributed by atoms with Gasteiger partial charge in [0.2, 0.25) is 17.7 Å². The van der Waals surface area contributed by atoms with E-state index in [1.54, 1.807) is 29.2 Å². The van der Waals surface area contributed by atoms with E-state index in [1.807, 2.05) is 30.0 Å². The third kappa shape index (κ3) is 8.03. The van der Waals surface area contributed by atoms with Gasteiger partial charge in [0.25, 0.3) is 0 Å². The van der Waals surface area contributed by atoms with Gasteiger partial charge in [-0.05, 0) is 74.6 Å². The van der Waals surface area contributed by atoms with Crippen molar-refractivity contribution in [2.45, 2.75) is 32.6 Å². The summed E-state index contributed by atoms with van der Waals surface area (Å²) >= 11 is 0. The van der Waals surface area contributed by atoms with Gasteiger partial charge in [0.1, 0.15) is 11.5 Å². The van der Waals surface area contributed by atoms with Gasteiger partial charge in [0.05, 0.1) is 23.9 Å². The highest BCUT2D eigenvalue weighted by Crippen LogP contribution is 2.28. The van der Waals surface area contributed by atoms with Gasteiger partial charge in [-0.3, -0.25) is 24.8 Å². The number of aromatic nitrogens is 1. The van der Waals surface area contributed by atoms with Crippen LogP contribution in [0.15, 0.2) is 42.5 Å². The van der Waals surface area contributed by atoms with Gasteiger partial charge in [-0.2, -0.15) is 0 Å². The minimum absolute atomic E-state index is 0.0323. The molecule has 2 saturated heterocycles. The molecule has 13 heteroatoms. The van der Waals surface area contributed by atoms with Gasteiger partial charge in [0.15, 0.2) is 0 Å². The highest BCUT2D eigenvalue weighted by Gasteiger charge is 2.34. The Bertz CT molecular complexity index is 1540. The molecule has 0 unspecified atom stereocenters. The summed E-state index contributed by atoms with van der Waals surface area (Å²) in [4.78, 5) is 48.5. The Morgan fingerprint density at radius 1 is 1.06 bits per heavy atom. The smallest absolute Gasteiger partial charge is 0.397 e. The first-order valence-electron chi connectivity index (χ1n) is 16.2. The van der Waals surface area contributed by atoms with Crippen LogP contribution in [0.1, 0.15) is 49.4 Å². The second-order valence-corrected chi connectivity index (χ2v) is 12.1. The van der Waals surface area contributed by atoms with E-state index in [-0.39, 0.29) is 36.1 Å². The van der Waals surface area contributed by atoms with Crippen LogP contribution in [0.25, 0.3) is 5.57 Å². The number of carbonyl (C=O) groups excluding carboxylic acids is 3. The number of benzene rings is 1. The molecule has 0 aliphatic carbocycles. The van der Waals surface area contributed by atoms with Crippen molar-refractivity contribution in [3.8, 4) is 0 Å². The Labute approximate surface area is 275 Å². The summed E-state index contributed by atoms with van der Waals surface area (Å²) < 4.78 is 10.3. The maximum Gasteiger partial charge on any atom is 0.413 e. The lowest BCUT2D eigenvalue weighted by molar-refractivity contribution is -0.132. The fraction of sp³-hybridized carbons (Fsp3) is 0.471. The molecule has 47 heavy (non-hydrogen) atoms. The van der Waals surface area contributed by atoms with Crippen LogP contribution in [0.5, 0.6) is 0 Å². The standard InChI is InChI=1S/C34H44N8O5/c1-3-42(28-9-8-27(35)31(39-28)30(36)24-13-18-46-19-14-24)33(44)26-10-15-40(20-26)21-29(43)41-16-11-23(12-17-41)22-4-6-25(7-5-22)32(37)47-34(45)38-2/h4-9,11,24,26,36-37H,3,10,12-21,35H2,1-2H3,(H,38,45)/t26-/m1/s1. The molecule has 0 bridgehead atoms. The van der Waals surface area contributed by atoms with Crippen molar-refractivity contribution in [2.75, 3.05) is 70.2 Å². The molecule has 0 saturated carbocycles. The van der Waals surface area contributed by atoms with Crippen molar-refractivity contribution in [3.63, 3.8) is 0 Å². The molecule has 250 valence electrons. The highest BCUT2D eigenvalue weighted by molar-refractivity contribution is 6.03. The predicted octanol–water partition coefficient (Wildman–Crippen LogP) is 3.13. The first-order chi connectivity index (χ1) is 22.7. The zero-order chi connectivity index (χ0) is 33.5. The molecule has 3 amide bonds. The number of pyridine rings is 1. The number of nitrogens with one attached hydrogen (secondary N) is 3. The average Bonchev–Trinajstić information content (AvgIpc) is 3.57. The van der Waals surface area contributed by atoms with E-state index in [9.17, 15) is 14.4 Å². The molecular weight excluding hydrogens is 600 g/mol. The van der Waals surface area contributed by atoms with Crippen LogP contribution in [-0.2, 0) is 19.1 Å². The molecule has 13 nitrogen and oxygen atoms in total. The predicted molar refractivity (Wildman–Crippen MR) is 180 cm³/mol. The molecule has 1 atom stereocenters. The molecule has 4 heterocycles. The Balaban J connectivity index is 1.14. The molecule has 5 N–H and O–H groups in total. The number of nitrogens with two attached hydrogens (primary N) is 1.